The molecule has 4 aromatic carbocycles. The zero-order valence-corrected chi connectivity index (χ0v) is 31.3. The van der Waals surface area contributed by atoms with Gasteiger partial charge in [0.25, 0.3) is 0 Å². The first-order valence-electron chi connectivity index (χ1n) is 15.4. The predicted molar refractivity (Wildman–Crippen MR) is 191 cm³/mol. The van der Waals surface area contributed by atoms with Crippen LogP contribution in [0.15, 0.2) is 12.1 Å². The zero-order chi connectivity index (χ0) is 40.7. The molecule has 17 heteroatoms. The van der Waals surface area contributed by atoms with E-state index >= 15 is 0 Å². The molecule has 0 fully saturated rings. The molecule has 284 valence electrons. The van der Waals surface area contributed by atoms with Crippen molar-refractivity contribution in [3.8, 4) is 51.7 Å². The molecule has 5 rings (SSSR count). The maximum Gasteiger partial charge on any atom is 0.347 e. The van der Waals surface area contributed by atoms with Crippen molar-refractivity contribution in [1.29, 1.82) is 0 Å². The van der Waals surface area contributed by atoms with E-state index < -0.39 is 46.9 Å². The average Bonchev–Trinajstić information content (AvgIpc) is 3.27. The van der Waals surface area contributed by atoms with Crippen LogP contribution in [0.25, 0.3) is 0 Å². The second kappa shape index (κ2) is 15.4. The Balaban J connectivity index is 0.000000241. The number of aromatic hydroxyl groups is 4. The van der Waals surface area contributed by atoms with Crippen molar-refractivity contribution in [3.63, 3.8) is 0 Å². The molecule has 0 atom stereocenters. The first-order chi connectivity index (χ1) is 25.2. The number of fused-ring (bicyclic) bond motifs is 2. The first kappa shape index (κ1) is 40.6. The fourth-order valence-electron chi connectivity index (χ4n) is 5.60. The van der Waals surface area contributed by atoms with Gasteiger partial charge in [-0.3, -0.25) is 4.79 Å². The number of carbonyl (C=O) groups is 5. The molecule has 0 saturated heterocycles. The Hall–Kier alpha value is -6.19. The minimum atomic E-state index is -1.38. The van der Waals surface area contributed by atoms with Gasteiger partial charge in [-0.05, 0) is 70.4 Å². The van der Waals surface area contributed by atoms with Crippen LogP contribution in [0.4, 0.5) is 0 Å². The molecule has 4 aromatic rings. The Morgan fingerprint density at radius 2 is 1.26 bits per heavy atom. The lowest BCUT2D eigenvalue weighted by molar-refractivity contribution is 0.0594. The van der Waals surface area contributed by atoms with Gasteiger partial charge in [0.1, 0.15) is 56.0 Å². The Bertz CT molecular complexity index is 2310. The van der Waals surface area contributed by atoms with Gasteiger partial charge in [-0.15, -0.1) is 0 Å². The van der Waals surface area contributed by atoms with Crippen molar-refractivity contribution in [1.82, 2.24) is 0 Å². The zero-order valence-electron chi connectivity index (χ0n) is 29.8. The van der Waals surface area contributed by atoms with Crippen molar-refractivity contribution < 1.29 is 73.2 Å². The summed E-state index contributed by atoms with van der Waals surface area (Å²) in [6.45, 7) is 8.78. The maximum absolute atomic E-state index is 12.7. The number of phenolic OH excluding ortho intramolecular Hbond substituents is 3. The molecule has 0 unspecified atom stereocenters. The van der Waals surface area contributed by atoms with E-state index in [1.807, 2.05) is 0 Å². The number of aryl methyl sites for hydroxylation is 2. The number of carboxylic acid groups (broad SMARTS) is 1. The lowest BCUT2D eigenvalue weighted by Gasteiger charge is -2.17. The second-order valence-electron chi connectivity index (χ2n) is 11.8. The molecule has 0 aliphatic carbocycles. The number of hydrogen-bond donors (Lipinski definition) is 5. The topological polar surface area (TPSA) is 233 Å². The summed E-state index contributed by atoms with van der Waals surface area (Å²) in [5, 5.41) is 49.6. The van der Waals surface area contributed by atoms with E-state index in [0.29, 0.717) is 11.8 Å². The lowest BCUT2D eigenvalue weighted by Crippen LogP contribution is -2.14. The van der Waals surface area contributed by atoms with E-state index in [1.54, 1.807) is 0 Å². The van der Waals surface area contributed by atoms with Gasteiger partial charge in [0.2, 0.25) is 0 Å². The number of carbonyl (C=O) groups excluding carboxylic acids is 4. The highest BCUT2D eigenvalue weighted by Crippen LogP contribution is 2.53. The third-order valence-electron chi connectivity index (χ3n) is 8.55. The largest absolute Gasteiger partial charge is 0.507 e. The molecule has 15 nitrogen and oxygen atoms in total. The van der Waals surface area contributed by atoms with Crippen LogP contribution in [0, 0.1) is 41.5 Å². The molecule has 0 radical (unpaired) electrons. The molecule has 0 spiro atoms. The number of halogens is 2. The van der Waals surface area contributed by atoms with Crippen LogP contribution in [0.1, 0.15) is 85.2 Å². The van der Waals surface area contributed by atoms with E-state index in [0.717, 1.165) is 0 Å². The molecule has 0 aromatic heterocycles. The molecule has 1 heterocycles. The standard InChI is InChI=1S/C19H18O8.C18H14Cl2O7/c1-8-5-13(26-4)11(7-20)17(22)14(8)19(25)27-12-6-9(2)16(21)15(10(12)3)18(23)24;1-5-9-16(11(20)13(22)10(5)19)26-14-6(2)8(17(23)25-4)12(21)7(3)15(14)27-18(9)24/h5-7,21-22H,1-4H3,(H,23,24);21-22H,1-4H3. The van der Waals surface area contributed by atoms with E-state index in [9.17, 15) is 49.5 Å². The Labute approximate surface area is 316 Å². The van der Waals surface area contributed by atoms with Crippen molar-refractivity contribution in [2.24, 2.45) is 0 Å². The third kappa shape index (κ3) is 6.86. The molecule has 54 heavy (non-hydrogen) atoms. The van der Waals surface area contributed by atoms with E-state index in [2.05, 4.69) is 0 Å². The number of methoxy groups -OCH3 is 2. The van der Waals surface area contributed by atoms with Crippen LogP contribution in [-0.4, -0.2) is 69.9 Å². The van der Waals surface area contributed by atoms with Crippen LogP contribution in [0.2, 0.25) is 10.0 Å². The fourth-order valence-corrected chi connectivity index (χ4v) is 6.06. The maximum atomic E-state index is 12.7. The van der Waals surface area contributed by atoms with Crippen molar-refractivity contribution in [3.05, 3.63) is 83.4 Å². The van der Waals surface area contributed by atoms with E-state index in [4.69, 9.17) is 46.9 Å². The smallest absolute Gasteiger partial charge is 0.347 e. The number of hydrogen-bond acceptors (Lipinski definition) is 14. The normalized spacial score (nSPS) is 11.4. The molecular formula is C37H32Cl2O15. The summed E-state index contributed by atoms with van der Waals surface area (Å²) in [6.07, 6.45) is 0.350. The molecule has 1 aliphatic heterocycles. The molecule has 5 N–H and O–H groups in total. The van der Waals surface area contributed by atoms with Crippen LogP contribution in [-0.2, 0) is 4.74 Å². The molecule has 0 amide bonds. The monoisotopic (exact) mass is 786 g/mol. The Morgan fingerprint density at radius 1 is 0.667 bits per heavy atom. The van der Waals surface area contributed by atoms with Crippen LogP contribution in [0.3, 0.4) is 0 Å². The number of esters is 3. The highest BCUT2D eigenvalue weighted by Gasteiger charge is 2.36. The Kier molecular flexibility index (Phi) is 11.6. The number of aromatic carboxylic acids is 1. The van der Waals surface area contributed by atoms with E-state index in [1.165, 1.54) is 67.9 Å². The third-order valence-corrected chi connectivity index (χ3v) is 9.37. The summed E-state index contributed by atoms with van der Waals surface area (Å²) < 4.78 is 26.2. The second-order valence-corrected chi connectivity index (χ2v) is 12.6. The van der Waals surface area contributed by atoms with Crippen LogP contribution in [0.5, 0.6) is 51.7 Å². The summed E-state index contributed by atoms with van der Waals surface area (Å²) in [4.78, 5) is 60.0. The minimum absolute atomic E-state index is 0.0131. The average molecular weight is 788 g/mol. The van der Waals surface area contributed by atoms with Crippen molar-refractivity contribution >= 4 is 53.4 Å². The van der Waals surface area contributed by atoms with Gasteiger partial charge in [-0.2, -0.15) is 0 Å². The lowest BCUT2D eigenvalue weighted by atomic mass is 10.0. The number of aldehydes is 1. The van der Waals surface area contributed by atoms with E-state index in [-0.39, 0.29) is 94.4 Å². The summed E-state index contributed by atoms with van der Waals surface area (Å²) in [5.41, 5.74) is -0.0426. The molecule has 0 saturated carbocycles. The highest BCUT2D eigenvalue weighted by atomic mass is 35.5. The molecular weight excluding hydrogens is 755 g/mol. The number of benzene rings is 4. The predicted octanol–water partition coefficient (Wildman–Crippen LogP) is 7.20. The number of rotatable bonds is 6. The first-order valence-corrected chi connectivity index (χ1v) is 16.2. The Morgan fingerprint density at radius 3 is 1.81 bits per heavy atom. The van der Waals surface area contributed by atoms with Crippen LogP contribution >= 0.6 is 23.2 Å². The van der Waals surface area contributed by atoms with Gasteiger partial charge in [0, 0.05) is 16.7 Å². The van der Waals surface area contributed by atoms with Crippen molar-refractivity contribution in [2.75, 3.05) is 14.2 Å². The number of carboxylic acids is 1. The molecule has 1 aliphatic rings. The number of phenols is 4. The fraction of sp³-hybridized carbons (Fsp3) is 0.216. The van der Waals surface area contributed by atoms with Crippen molar-refractivity contribution in [2.45, 2.75) is 41.5 Å². The summed E-state index contributed by atoms with van der Waals surface area (Å²) >= 11 is 12.2. The van der Waals surface area contributed by atoms with Gasteiger partial charge in [0.15, 0.2) is 29.3 Å². The van der Waals surface area contributed by atoms with Crippen LogP contribution < -0.4 is 18.9 Å². The quantitative estimate of drug-likeness (QED) is 0.0738. The summed E-state index contributed by atoms with van der Waals surface area (Å²) in [6, 6.07) is 2.71. The van der Waals surface area contributed by atoms with Gasteiger partial charge in [-0.25, -0.2) is 19.2 Å². The minimum Gasteiger partial charge on any atom is -0.507 e. The number of ether oxygens (including phenoxy) is 5. The SMILES string of the molecule is COC(=O)c1c(C)c2c(c(C)c1O)OC(=O)c1c(C)c(Cl)c(O)c(Cl)c1O2.COc1cc(C)c(C(=O)Oc2cc(C)c(O)c(C(=O)O)c2C)c(O)c1C=O. The summed E-state index contributed by atoms with van der Waals surface area (Å²) in [5.74, 6) is -6.11. The van der Waals surface area contributed by atoms with Gasteiger partial charge >= 0.3 is 23.9 Å². The highest BCUT2D eigenvalue weighted by molar-refractivity contribution is 6.39. The molecule has 0 bridgehead atoms. The van der Waals surface area contributed by atoms with Gasteiger partial charge < -0.3 is 49.2 Å². The van der Waals surface area contributed by atoms with Gasteiger partial charge in [-0.1, -0.05) is 23.2 Å². The van der Waals surface area contributed by atoms with Gasteiger partial charge in [0.05, 0.1) is 24.8 Å². The summed E-state index contributed by atoms with van der Waals surface area (Å²) in [7, 11) is 2.48.